The van der Waals surface area contributed by atoms with Crippen molar-refractivity contribution in [3.8, 4) is 0 Å². The van der Waals surface area contributed by atoms with Crippen LogP contribution in [0, 0.1) is 0 Å². The number of nitrogens with one attached hydrogen (secondary N) is 1. The van der Waals surface area contributed by atoms with E-state index in [2.05, 4.69) is 5.32 Å². The molecule has 4 heteroatoms. The van der Waals surface area contributed by atoms with Gasteiger partial charge in [-0.25, -0.2) is 0 Å². The summed E-state index contributed by atoms with van der Waals surface area (Å²) in [7, 11) is 0. The molecule has 4 nitrogen and oxygen atoms in total. The van der Waals surface area contributed by atoms with Crippen molar-refractivity contribution in [3.63, 3.8) is 0 Å². The SMILES string of the molecule is CCNC(C)CO.O=CO. The molecule has 0 aromatic heterocycles. The van der Waals surface area contributed by atoms with Crippen LogP contribution in [0.15, 0.2) is 0 Å². The molecule has 0 aromatic carbocycles. The number of aliphatic hydroxyl groups excluding tert-OH is 1. The molecule has 0 fully saturated rings. The van der Waals surface area contributed by atoms with Gasteiger partial charge in [0, 0.05) is 6.04 Å². The molecule has 0 saturated carbocycles. The van der Waals surface area contributed by atoms with E-state index in [1.165, 1.54) is 0 Å². The van der Waals surface area contributed by atoms with E-state index < -0.39 is 0 Å². The van der Waals surface area contributed by atoms with Gasteiger partial charge in [0.15, 0.2) is 0 Å². The van der Waals surface area contributed by atoms with Crippen LogP contribution in [-0.2, 0) is 4.79 Å². The maximum atomic E-state index is 8.40. The van der Waals surface area contributed by atoms with E-state index in [9.17, 15) is 0 Å². The molecule has 0 aromatic rings. The summed E-state index contributed by atoms with van der Waals surface area (Å²) >= 11 is 0. The van der Waals surface area contributed by atoms with Gasteiger partial charge >= 0.3 is 0 Å². The monoisotopic (exact) mass is 149 g/mol. The van der Waals surface area contributed by atoms with Gasteiger partial charge in [0.2, 0.25) is 0 Å². The summed E-state index contributed by atoms with van der Waals surface area (Å²) in [5, 5.41) is 18.3. The molecule has 3 N–H and O–H groups in total. The molecule has 0 bridgehead atoms. The number of rotatable bonds is 3. The maximum absolute atomic E-state index is 8.40. The first-order chi connectivity index (χ1) is 4.72. The second kappa shape index (κ2) is 11.2. The summed E-state index contributed by atoms with van der Waals surface area (Å²) < 4.78 is 0. The lowest BCUT2D eigenvalue weighted by Crippen LogP contribution is -2.28. The quantitative estimate of drug-likeness (QED) is 0.481. The Morgan fingerprint density at radius 3 is 2.20 bits per heavy atom. The van der Waals surface area contributed by atoms with Gasteiger partial charge in [0.25, 0.3) is 6.47 Å². The predicted octanol–water partition coefficient (Wildman–Crippen LogP) is -0.323. The largest absolute Gasteiger partial charge is 0.483 e. The van der Waals surface area contributed by atoms with Crippen LogP contribution in [0.2, 0.25) is 0 Å². The van der Waals surface area contributed by atoms with E-state index in [0.717, 1.165) is 6.54 Å². The lowest BCUT2D eigenvalue weighted by Gasteiger charge is -2.05. The number of hydrogen-bond acceptors (Lipinski definition) is 3. The minimum absolute atomic E-state index is 0.230. The molecular formula is C6H15NO3. The molecule has 0 spiro atoms. The smallest absolute Gasteiger partial charge is 0.290 e. The molecule has 0 radical (unpaired) electrons. The van der Waals surface area contributed by atoms with Crippen LogP contribution in [0.5, 0.6) is 0 Å². The van der Waals surface area contributed by atoms with Gasteiger partial charge in [-0.05, 0) is 13.5 Å². The first-order valence-corrected chi connectivity index (χ1v) is 3.15. The molecule has 0 rings (SSSR count). The number of carbonyl (C=O) groups is 1. The topological polar surface area (TPSA) is 69.6 Å². The van der Waals surface area contributed by atoms with Gasteiger partial charge in [0.05, 0.1) is 6.61 Å². The first-order valence-electron chi connectivity index (χ1n) is 3.15. The van der Waals surface area contributed by atoms with Crippen LogP contribution < -0.4 is 5.32 Å². The molecule has 0 aliphatic rings. The Morgan fingerprint density at radius 1 is 1.70 bits per heavy atom. The summed E-state index contributed by atoms with van der Waals surface area (Å²) in [5.74, 6) is 0. The highest BCUT2D eigenvalue weighted by Gasteiger charge is 1.91. The zero-order chi connectivity index (χ0) is 8.41. The average Bonchev–Trinajstić information content (AvgIpc) is 1.90. The highest BCUT2D eigenvalue weighted by atomic mass is 16.3. The van der Waals surface area contributed by atoms with Crippen LogP contribution in [0.1, 0.15) is 13.8 Å². The van der Waals surface area contributed by atoms with Gasteiger partial charge in [-0.2, -0.15) is 0 Å². The van der Waals surface area contributed by atoms with Crippen LogP contribution >= 0.6 is 0 Å². The molecule has 1 unspecified atom stereocenters. The van der Waals surface area contributed by atoms with E-state index in [1.54, 1.807) is 0 Å². The lowest BCUT2D eigenvalue weighted by molar-refractivity contribution is -0.122. The Bertz CT molecular complexity index is 68.0. The molecule has 62 valence electrons. The summed E-state index contributed by atoms with van der Waals surface area (Å²) in [6.07, 6.45) is 0. The van der Waals surface area contributed by atoms with Gasteiger partial charge < -0.3 is 15.5 Å². The Labute approximate surface area is 60.9 Å². The Hall–Kier alpha value is -0.610. The van der Waals surface area contributed by atoms with Crippen LogP contribution in [0.25, 0.3) is 0 Å². The van der Waals surface area contributed by atoms with E-state index in [0.29, 0.717) is 0 Å². The zero-order valence-corrected chi connectivity index (χ0v) is 6.37. The molecule has 0 saturated heterocycles. The van der Waals surface area contributed by atoms with E-state index in [4.69, 9.17) is 15.0 Å². The molecule has 1 atom stereocenters. The fourth-order valence-electron chi connectivity index (χ4n) is 0.413. The Balaban J connectivity index is 0. The second-order valence-corrected chi connectivity index (χ2v) is 1.75. The van der Waals surface area contributed by atoms with E-state index in [1.807, 2.05) is 13.8 Å². The number of hydrogen-bond donors (Lipinski definition) is 3. The standard InChI is InChI=1S/C5H13NO.CH2O2/c1-3-6-5(2)4-7;2-1-3/h5-7H,3-4H2,1-2H3;1H,(H,2,3). The third-order valence-corrected chi connectivity index (χ3v) is 0.826. The highest BCUT2D eigenvalue weighted by molar-refractivity contribution is 5.32. The molecule has 0 heterocycles. The fraction of sp³-hybridized carbons (Fsp3) is 0.833. The lowest BCUT2D eigenvalue weighted by atomic mass is 10.4. The van der Waals surface area contributed by atoms with Crippen molar-refractivity contribution in [1.29, 1.82) is 0 Å². The number of carboxylic acid groups (broad SMARTS) is 1. The van der Waals surface area contributed by atoms with E-state index >= 15 is 0 Å². The van der Waals surface area contributed by atoms with Crippen molar-refractivity contribution < 1.29 is 15.0 Å². The average molecular weight is 149 g/mol. The summed E-state index contributed by atoms with van der Waals surface area (Å²) in [6, 6.07) is 0.255. The predicted molar refractivity (Wildman–Crippen MR) is 38.9 cm³/mol. The van der Waals surface area contributed by atoms with Gasteiger partial charge in [-0.1, -0.05) is 6.92 Å². The van der Waals surface area contributed by atoms with Crippen LogP contribution in [0.3, 0.4) is 0 Å². The van der Waals surface area contributed by atoms with Crippen LogP contribution in [0.4, 0.5) is 0 Å². The summed E-state index contributed by atoms with van der Waals surface area (Å²) in [6.45, 7) is 4.88. The number of aliphatic hydroxyl groups is 1. The molecule has 10 heavy (non-hydrogen) atoms. The molecular weight excluding hydrogens is 134 g/mol. The van der Waals surface area contributed by atoms with Crippen molar-refractivity contribution >= 4 is 6.47 Å². The third kappa shape index (κ3) is 15.7. The van der Waals surface area contributed by atoms with Crippen molar-refractivity contribution in [1.82, 2.24) is 5.32 Å². The van der Waals surface area contributed by atoms with Crippen LogP contribution in [-0.4, -0.2) is 35.9 Å². The summed E-state index contributed by atoms with van der Waals surface area (Å²) in [5.41, 5.74) is 0. The summed E-state index contributed by atoms with van der Waals surface area (Å²) in [4.78, 5) is 8.36. The maximum Gasteiger partial charge on any atom is 0.290 e. The Kier molecular flexibility index (Phi) is 13.6. The van der Waals surface area contributed by atoms with E-state index in [-0.39, 0.29) is 19.1 Å². The van der Waals surface area contributed by atoms with Gasteiger partial charge in [-0.3, -0.25) is 4.79 Å². The Morgan fingerprint density at radius 2 is 2.10 bits per heavy atom. The minimum Gasteiger partial charge on any atom is -0.483 e. The first kappa shape index (κ1) is 12.1. The van der Waals surface area contributed by atoms with Crippen molar-refractivity contribution in [2.24, 2.45) is 0 Å². The third-order valence-electron chi connectivity index (χ3n) is 0.826. The van der Waals surface area contributed by atoms with Crippen molar-refractivity contribution in [3.05, 3.63) is 0 Å². The molecule has 0 aliphatic carbocycles. The normalized spacial score (nSPS) is 11.1. The van der Waals surface area contributed by atoms with Crippen molar-refractivity contribution in [2.75, 3.05) is 13.2 Å². The fourth-order valence-corrected chi connectivity index (χ4v) is 0.413. The van der Waals surface area contributed by atoms with Gasteiger partial charge in [0.1, 0.15) is 0 Å². The molecule has 0 amide bonds. The molecule has 0 aliphatic heterocycles. The van der Waals surface area contributed by atoms with Crippen molar-refractivity contribution in [2.45, 2.75) is 19.9 Å². The zero-order valence-electron chi connectivity index (χ0n) is 6.37. The minimum atomic E-state index is -0.250. The van der Waals surface area contributed by atoms with Gasteiger partial charge in [-0.15, -0.1) is 0 Å². The second-order valence-electron chi connectivity index (χ2n) is 1.75. The number of likely N-dealkylation sites (N-methyl/N-ethyl adjacent to an activating group) is 1. The highest BCUT2D eigenvalue weighted by Crippen LogP contribution is 1.73.